The predicted octanol–water partition coefficient (Wildman–Crippen LogP) is 2.52. The Morgan fingerprint density at radius 1 is 1.38 bits per heavy atom. The summed E-state index contributed by atoms with van der Waals surface area (Å²) in [7, 11) is 0. The van der Waals surface area contributed by atoms with Gasteiger partial charge in [-0.15, -0.1) is 0 Å². The van der Waals surface area contributed by atoms with Crippen LogP contribution in [0.2, 0.25) is 0 Å². The molecule has 13 heavy (non-hydrogen) atoms. The third kappa shape index (κ3) is 1.31. The minimum Gasteiger partial charge on any atom is -0.295 e. The van der Waals surface area contributed by atoms with E-state index in [1.54, 1.807) is 6.92 Å². The Morgan fingerprint density at radius 2 is 2.15 bits per heavy atom. The van der Waals surface area contributed by atoms with Crippen molar-refractivity contribution in [1.82, 2.24) is 0 Å². The maximum Gasteiger partial charge on any atom is 0.160 e. The first kappa shape index (κ1) is 8.24. The zero-order valence-electron chi connectivity index (χ0n) is 7.92. The van der Waals surface area contributed by atoms with Crippen LogP contribution in [0.25, 0.3) is 5.57 Å². The van der Waals surface area contributed by atoms with Gasteiger partial charge < -0.3 is 0 Å². The Labute approximate surface area is 78.1 Å². The molecule has 0 bridgehead atoms. The highest BCUT2D eigenvalue weighted by atomic mass is 16.1. The van der Waals surface area contributed by atoms with E-state index in [0.29, 0.717) is 0 Å². The van der Waals surface area contributed by atoms with Crippen molar-refractivity contribution in [3.63, 3.8) is 0 Å². The number of aryl methyl sites for hydroxylation is 1. The van der Waals surface area contributed by atoms with E-state index in [2.05, 4.69) is 25.1 Å². The number of allylic oxidation sites excluding steroid dienone is 2. The molecule has 0 saturated heterocycles. The minimum absolute atomic E-state index is 0.171. The molecule has 0 fully saturated rings. The second-order valence-corrected chi connectivity index (χ2v) is 3.54. The van der Waals surface area contributed by atoms with Crippen molar-refractivity contribution in [3.05, 3.63) is 41.0 Å². The summed E-state index contributed by atoms with van der Waals surface area (Å²) in [5, 5.41) is 0. The van der Waals surface area contributed by atoms with Crippen molar-refractivity contribution in [3.8, 4) is 0 Å². The monoisotopic (exact) mass is 172 g/mol. The van der Waals surface area contributed by atoms with Gasteiger partial charge >= 0.3 is 0 Å². The number of carbonyl (C=O) groups excluding carboxylic acids is 1. The van der Waals surface area contributed by atoms with Crippen LogP contribution >= 0.6 is 0 Å². The van der Waals surface area contributed by atoms with Crippen molar-refractivity contribution in [2.24, 2.45) is 0 Å². The zero-order chi connectivity index (χ0) is 9.42. The summed E-state index contributed by atoms with van der Waals surface area (Å²) in [6, 6.07) is 6.29. The molecule has 1 aliphatic carbocycles. The van der Waals surface area contributed by atoms with Crippen LogP contribution in [0.3, 0.4) is 0 Å². The molecule has 0 atom stereocenters. The topological polar surface area (TPSA) is 17.1 Å². The predicted molar refractivity (Wildman–Crippen MR) is 53.5 cm³/mol. The van der Waals surface area contributed by atoms with E-state index >= 15 is 0 Å². The molecule has 1 aromatic carbocycles. The lowest BCUT2D eigenvalue weighted by Gasteiger charge is -2.03. The van der Waals surface area contributed by atoms with E-state index in [1.165, 1.54) is 11.1 Å². The summed E-state index contributed by atoms with van der Waals surface area (Å²) in [5.41, 5.74) is 4.51. The number of Topliss-reactive ketones (excluding diaryl/α,β-unsaturated/α-hetero) is 1. The number of fused-ring (bicyclic) bond motifs is 1. The molecular weight excluding hydrogens is 160 g/mol. The van der Waals surface area contributed by atoms with Gasteiger partial charge in [0.05, 0.1) is 0 Å². The van der Waals surface area contributed by atoms with E-state index in [4.69, 9.17) is 0 Å². The number of carbonyl (C=O) groups is 1. The van der Waals surface area contributed by atoms with Crippen LogP contribution < -0.4 is 0 Å². The van der Waals surface area contributed by atoms with Gasteiger partial charge in [0.2, 0.25) is 0 Å². The Hall–Kier alpha value is -1.37. The third-order valence-electron chi connectivity index (χ3n) is 2.46. The first-order chi connectivity index (χ1) is 6.18. The second-order valence-electron chi connectivity index (χ2n) is 3.54. The number of hydrogen-bond donors (Lipinski definition) is 0. The third-order valence-corrected chi connectivity index (χ3v) is 2.46. The molecule has 66 valence electrons. The lowest BCUT2D eigenvalue weighted by molar-refractivity contribution is -0.111. The first-order valence-electron chi connectivity index (χ1n) is 4.49. The maximum absolute atomic E-state index is 11.3. The fraction of sp³-hybridized carbons (Fsp3) is 0.250. The molecule has 0 radical (unpaired) electrons. The van der Waals surface area contributed by atoms with E-state index < -0.39 is 0 Å². The fourth-order valence-corrected chi connectivity index (χ4v) is 1.77. The normalized spacial score (nSPS) is 13.8. The highest BCUT2D eigenvalue weighted by molar-refractivity contribution is 6.20. The van der Waals surface area contributed by atoms with Gasteiger partial charge in [0.1, 0.15) is 0 Å². The molecule has 0 N–H and O–H groups in total. The van der Waals surface area contributed by atoms with Crippen LogP contribution in [0, 0.1) is 6.92 Å². The highest BCUT2D eigenvalue weighted by Crippen LogP contribution is 2.28. The maximum atomic E-state index is 11.3. The summed E-state index contributed by atoms with van der Waals surface area (Å²) in [4.78, 5) is 11.3. The second kappa shape index (κ2) is 2.84. The average Bonchev–Trinajstić information content (AvgIpc) is 2.46. The van der Waals surface area contributed by atoms with Gasteiger partial charge in [-0.25, -0.2) is 0 Å². The average molecular weight is 172 g/mol. The van der Waals surface area contributed by atoms with Crippen molar-refractivity contribution >= 4 is 11.4 Å². The van der Waals surface area contributed by atoms with E-state index in [9.17, 15) is 4.79 Å². The van der Waals surface area contributed by atoms with Crippen LogP contribution in [-0.4, -0.2) is 5.78 Å². The van der Waals surface area contributed by atoms with Gasteiger partial charge in [-0.3, -0.25) is 4.79 Å². The van der Waals surface area contributed by atoms with Gasteiger partial charge in [-0.2, -0.15) is 0 Å². The summed E-state index contributed by atoms with van der Waals surface area (Å²) in [6.45, 7) is 3.68. The molecule has 0 amide bonds. The van der Waals surface area contributed by atoms with Crippen molar-refractivity contribution in [2.75, 3.05) is 0 Å². The summed E-state index contributed by atoms with van der Waals surface area (Å²) < 4.78 is 0. The van der Waals surface area contributed by atoms with Crippen molar-refractivity contribution in [1.29, 1.82) is 0 Å². The molecule has 1 aliphatic rings. The molecule has 1 heteroatoms. The molecule has 0 spiro atoms. The molecule has 1 aromatic rings. The first-order valence-corrected chi connectivity index (χ1v) is 4.49. The minimum atomic E-state index is 0.171. The van der Waals surface area contributed by atoms with Gasteiger partial charge in [0.25, 0.3) is 0 Å². The zero-order valence-corrected chi connectivity index (χ0v) is 7.92. The van der Waals surface area contributed by atoms with Crippen LogP contribution in [0.5, 0.6) is 0 Å². The SMILES string of the molecule is CC(=O)C1=CCc2ccc(C)cc21. The fourth-order valence-electron chi connectivity index (χ4n) is 1.77. The lowest BCUT2D eigenvalue weighted by Crippen LogP contribution is -1.94. The van der Waals surface area contributed by atoms with Crippen LogP contribution in [0.15, 0.2) is 24.3 Å². The van der Waals surface area contributed by atoms with E-state index in [0.717, 1.165) is 17.6 Å². The largest absolute Gasteiger partial charge is 0.295 e. The number of ketones is 1. The Morgan fingerprint density at radius 3 is 2.85 bits per heavy atom. The lowest BCUT2D eigenvalue weighted by atomic mass is 10.0. The standard InChI is InChI=1S/C12H12O/c1-8-3-4-10-5-6-11(9(2)13)12(10)7-8/h3-4,6-7H,5H2,1-2H3. The molecule has 1 nitrogen and oxygen atoms in total. The van der Waals surface area contributed by atoms with Gasteiger partial charge in [-0.05, 0) is 31.4 Å². The number of rotatable bonds is 1. The van der Waals surface area contributed by atoms with E-state index in [-0.39, 0.29) is 5.78 Å². The Bertz CT molecular complexity index is 400. The molecule has 0 aliphatic heterocycles. The Balaban J connectivity index is 2.54. The smallest absolute Gasteiger partial charge is 0.160 e. The summed E-state index contributed by atoms with van der Waals surface area (Å²) >= 11 is 0. The van der Waals surface area contributed by atoms with Crippen molar-refractivity contribution in [2.45, 2.75) is 20.3 Å². The molecule has 0 saturated carbocycles. The van der Waals surface area contributed by atoms with Crippen LogP contribution in [0.1, 0.15) is 23.6 Å². The molecule has 0 heterocycles. The highest BCUT2D eigenvalue weighted by Gasteiger charge is 2.16. The quantitative estimate of drug-likeness (QED) is 0.636. The summed E-state index contributed by atoms with van der Waals surface area (Å²) in [5.74, 6) is 0.171. The Kier molecular flexibility index (Phi) is 1.80. The van der Waals surface area contributed by atoms with Crippen LogP contribution in [0.4, 0.5) is 0 Å². The van der Waals surface area contributed by atoms with E-state index in [1.807, 2.05) is 6.08 Å². The van der Waals surface area contributed by atoms with Crippen molar-refractivity contribution < 1.29 is 4.79 Å². The van der Waals surface area contributed by atoms with Crippen LogP contribution in [-0.2, 0) is 11.2 Å². The number of benzene rings is 1. The molecule has 0 unspecified atom stereocenters. The molecule has 0 aromatic heterocycles. The molecule has 2 rings (SSSR count). The number of hydrogen-bond acceptors (Lipinski definition) is 1. The molecular formula is C12H12O. The summed E-state index contributed by atoms with van der Waals surface area (Å²) in [6.07, 6.45) is 2.93. The van der Waals surface area contributed by atoms with Gasteiger partial charge in [-0.1, -0.05) is 29.8 Å². The van der Waals surface area contributed by atoms with Gasteiger partial charge in [0.15, 0.2) is 5.78 Å². The van der Waals surface area contributed by atoms with Gasteiger partial charge in [0, 0.05) is 5.57 Å².